The van der Waals surface area contributed by atoms with Crippen molar-refractivity contribution in [2.75, 3.05) is 19.0 Å². The number of nitrogens with two attached hydrogens (primary N) is 2. The zero-order valence-electron chi connectivity index (χ0n) is 19.1. The maximum atomic E-state index is 12.0. The maximum absolute atomic E-state index is 12.0. The van der Waals surface area contributed by atoms with Crippen LogP contribution in [0, 0.1) is 24.2 Å². The van der Waals surface area contributed by atoms with Crippen LogP contribution >= 0.6 is 7.82 Å². The van der Waals surface area contributed by atoms with Crippen LogP contribution in [0.1, 0.15) is 44.9 Å². The number of hydrogen-bond donors (Lipinski definition) is 4. The average molecular weight is 478 g/mol. The highest BCUT2D eigenvalue weighted by atomic mass is 31.2. The van der Waals surface area contributed by atoms with Crippen LogP contribution in [0.3, 0.4) is 0 Å². The van der Waals surface area contributed by atoms with Crippen molar-refractivity contribution >= 4 is 24.9 Å². The van der Waals surface area contributed by atoms with Crippen molar-refractivity contribution in [3.63, 3.8) is 0 Å². The first-order chi connectivity index (χ1) is 15.6. The van der Waals surface area contributed by atoms with Gasteiger partial charge in [-0.15, -0.1) is 6.42 Å². The number of anilines is 1. The van der Waals surface area contributed by atoms with E-state index in [1.165, 1.54) is 0 Å². The van der Waals surface area contributed by atoms with E-state index in [0.717, 1.165) is 6.42 Å². The minimum Gasteiger partial charge on any atom is -0.383 e. The lowest BCUT2D eigenvalue weighted by Gasteiger charge is -2.28. The number of terminal acetylenes is 1. The van der Waals surface area contributed by atoms with E-state index in [2.05, 4.69) is 31.7 Å². The molecule has 3 unspecified atom stereocenters. The molecule has 1 aromatic heterocycles. The van der Waals surface area contributed by atoms with Gasteiger partial charge in [-0.1, -0.05) is 45.4 Å². The van der Waals surface area contributed by atoms with Gasteiger partial charge in [-0.25, -0.2) is 9.55 Å². The van der Waals surface area contributed by atoms with Crippen molar-refractivity contribution in [2.45, 2.75) is 45.6 Å². The van der Waals surface area contributed by atoms with Crippen molar-refractivity contribution in [2.24, 2.45) is 17.6 Å². The minimum absolute atomic E-state index is 0.0706. The highest BCUT2D eigenvalue weighted by Crippen LogP contribution is 2.54. The summed E-state index contributed by atoms with van der Waals surface area (Å²) in [4.78, 5) is 14.5. The molecule has 0 radical (unpaired) electrons. The molecule has 33 heavy (non-hydrogen) atoms. The number of phosphoric acid groups is 1. The van der Waals surface area contributed by atoms with Crippen LogP contribution in [-0.4, -0.2) is 39.9 Å². The molecule has 6 N–H and O–H groups in total. The molecule has 0 amide bonds. The Balaban J connectivity index is 2.09. The van der Waals surface area contributed by atoms with Gasteiger partial charge in [0.25, 0.3) is 0 Å². The quantitative estimate of drug-likeness (QED) is 0.192. The fraction of sp³-hybridized carbons (Fsp3) is 0.500. The molecule has 5 atom stereocenters. The van der Waals surface area contributed by atoms with Crippen LogP contribution in [0.2, 0.25) is 0 Å². The molecule has 0 spiro atoms. The second-order valence-corrected chi connectivity index (χ2v) is 9.86. The highest BCUT2D eigenvalue weighted by molar-refractivity contribution is 7.47. The molecule has 0 aromatic carbocycles. The monoisotopic (exact) mass is 477 g/mol. The summed E-state index contributed by atoms with van der Waals surface area (Å²) in [7, 11) is -4.13. The molecule has 2 aliphatic heterocycles. The first-order valence-corrected chi connectivity index (χ1v) is 12.2. The number of fused-ring (bicyclic) bond motifs is 1. The Kier molecular flexibility index (Phi) is 7.85. The van der Waals surface area contributed by atoms with Crippen LogP contribution in [0.4, 0.5) is 5.82 Å². The summed E-state index contributed by atoms with van der Waals surface area (Å²) in [6, 6.07) is 0. The van der Waals surface area contributed by atoms with E-state index in [4.69, 9.17) is 36.7 Å². The van der Waals surface area contributed by atoms with Crippen molar-refractivity contribution in [1.82, 2.24) is 14.9 Å². The summed E-state index contributed by atoms with van der Waals surface area (Å²) in [5.74, 6) is 3.45. The maximum Gasteiger partial charge on any atom is 0.472 e. The highest BCUT2D eigenvalue weighted by Gasteiger charge is 2.51. The number of rotatable bonds is 8. The first kappa shape index (κ1) is 25.2. The summed E-state index contributed by atoms with van der Waals surface area (Å²) < 4.78 is 30.1. The van der Waals surface area contributed by atoms with Crippen molar-refractivity contribution in [3.05, 3.63) is 36.3 Å². The van der Waals surface area contributed by atoms with Crippen LogP contribution in [0.25, 0.3) is 11.3 Å². The number of nitrogens with one attached hydrogen (secondary N) is 1. The summed E-state index contributed by atoms with van der Waals surface area (Å²) in [5, 5.41) is 2.93. The van der Waals surface area contributed by atoms with Gasteiger partial charge < -0.3 is 26.4 Å². The lowest BCUT2D eigenvalue weighted by Crippen LogP contribution is -2.35. The second kappa shape index (κ2) is 10.3. The fourth-order valence-electron chi connectivity index (χ4n) is 3.91. The van der Waals surface area contributed by atoms with E-state index in [-0.39, 0.29) is 19.2 Å². The third-order valence-corrected chi connectivity index (χ3v) is 6.50. The molecule has 180 valence electrons. The largest absolute Gasteiger partial charge is 0.472 e. The number of nitrogens with zero attached hydrogens (tertiary/aromatic N) is 2. The van der Waals surface area contributed by atoms with Crippen molar-refractivity contribution < 1.29 is 23.2 Å². The smallest absolute Gasteiger partial charge is 0.383 e. The Bertz CT molecular complexity index is 1040. The Labute approximate surface area is 194 Å². The second-order valence-electron chi connectivity index (χ2n) is 8.46. The summed E-state index contributed by atoms with van der Waals surface area (Å²) in [6.45, 7) is 10.2. The third-order valence-electron chi connectivity index (χ3n) is 5.51. The molecule has 2 aliphatic rings. The molecule has 11 heteroatoms. The summed E-state index contributed by atoms with van der Waals surface area (Å²) >= 11 is 0. The minimum atomic E-state index is -4.13. The molecule has 2 fully saturated rings. The first-order valence-electron chi connectivity index (χ1n) is 10.7. The number of hydrogen-bond acceptors (Lipinski definition) is 8. The Morgan fingerprint density at radius 1 is 1.55 bits per heavy atom. The number of allylic oxidation sites excluding steroid dienone is 4. The topological polar surface area (TPSA) is 147 Å². The van der Waals surface area contributed by atoms with E-state index in [1.807, 2.05) is 19.1 Å². The molecule has 0 bridgehead atoms. The van der Waals surface area contributed by atoms with E-state index >= 15 is 0 Å². The number of imidazole rings is 1. The standard InChI is InChI=1S/C22H32N5O5P/c1-6-8-16(10-7-9-13(2)3)21-26-18(15(5)25-12-23)20(24)27(21)22-14(4)19-17(31-22)11-30-33(28,29)32-19/h1,7-8,10,13-14,17,19,22,25H,5,9,11-12,23-24H2,2-4H3,(H,28,29)/b10-7-,16-8+/t14?,17?,19-,22+/m0/s1. The lowest BCUT2D eigenvalue weighted by atomic mass is 10.0. The van der Waals surface area contributed by atoms with Crippen LogP contribution in [0.5, 0.6) is 0 Å². The fourth-order valence-corrected chi connectivity index (χ4v) is 4.94. The molecular weight excluding hydrogens is 445 g/mol. The van der Waals surface area contributed by atoms with Crippen molar-refractivity contribution in [1.29, 1.82) is 0 Å². The van der Waals surface area contributed by atoms with Gasteiger partial charge in [0, 0.05) is 11.5 Å². The van der Waals surface area contributed by atoms with Gasteiger partial charge in [0.2, 0.25) is 0 Å². The Morgan fingerprint density at radius 2 is 2.27 bits per heavy atom. The number of aromatic nitrogens is 2. The number of phosphoric ester groups is 1. The van der Waals surface area contributed by atoms with Crippen molar-refractivity contribution in [3.8, 4) is 12.3 Å². The molecular formula is C22H32N5O5P. The third kappa shape index (κ3) is 5.41. The summed E-state index contributed by atoms with van der Waals surface area (Å²) in [5.41, 5.74) is 13.7. The predicted molar refractivity (Wildman–Crippen MR) is 127 cm³/mol. The molecule has 3 heterocycles. The zero-order chi connectivity index (χ0) is 24.3. The van der Waals surface area contributed by atoms with Gasteiger partial charge in [-0.3, -0.25) is 13.6 Å². The van der Waals surface area contributed by atoms with Crippen LogP contribution in [0.15, 0.2) is 24.8 Å². The van der Waals surface area contributed by atoms with Gasteiger partial charge in [0.1, 0.15) is 35.8 Å². The predicted octanol–water partition coefficient (Wildman–Crippen LogP) is 2.61. The molecule has 0 saturated carbocycles. The average Bonchev–Trinajstić information content (AvgIpc) is 3.23. The van der Waals surface area contributed by atoms with E-state index in [0.29, 0.717) is 34.5 Å². The molecule has 1 aromatic rings. The van der Waals surface area contributed by atoms with E-state index in [1.54, 1.807) is 10.6 Å². The van der Waals surface area contributed by atoms with E-state index in [9.17, 15) is 9.46 Å². The van der Waals surface area contributed by atoms with Gasteiger partial charge in [0.05, 0.1) is 19.0 Å². The molecule has 10 nitrogen and oxygen atoms in total. The normalized spacial score (nSPS) is 29.9. The van der Waals surface area contributed by atoms with Gasteiger partial charge in [-0.2, -0.15) is 0 Å². The van der Waals surface area contributed by atoms with Gasteiger partial charge >= 0.3 is 7.82 Å². The zero-order valence-corrected chi connectivity index (χ0v) is 20.0. The number of nitrogen functional groups attached to an aromatic ring is 1. The van der Waals surface area contributed by atoms with E-state index < -0.39 is 26.3 Å². The SMILES string of the molecule is C#C/C=C(\C=C/CC(C)C)c1nc(C(=C)NCN)c(N)n1[C@@H]1OC2COP(=O)(O)O[C@H]2C1C. The molecule has 2 saturated heterocycles. The van der Waals surface area contributed by atoms with Gasteiger partial charge in [0.15, 0.2) is 0 Å². The lowest BCUT2D eigenvalue weighted by molar-refractivity contribution is -0.0667. The molecule has 0 aliphatic carbocycles. The number of ether oxygens (including phenoxy) is 1. The Morgan fingerprint density at radius 3 is 2.91 bits per heavy atom. The Hall–Kier alpha value is -2.38. The summed E-state index contributed by atoms with van der Waals surface area (Å²) in [6.07, 6.45) is 10.1. The van der Waals surface area contributed by atoms with Crippen LogP contribution in [-0.2, 0) is 18.3 Å². The van der Waals surface area contributed by atoms with Gasteiger partial charge in [-0.05, 0) is 18.4 Å². The van der Waals surface area contributed by atoms with Crippen LogP contribution < -0.4 is 16.8 Å². The molecule has 3 rings (SSSR count).